The topological polar surface area (TPSA) is 84.5 Å². The Labute approximate surface area is 158 Å². The number of carbonyl (C=O) groups excluding carboxylic acids is 3. The summed E-state index contributed by atoms with van der Waals surface area (Å²) < 4.78 is 5.34. The molecule has 0 unspecified atom stereocenters. The molecule has 2 aromatic rings. The molecule has 2 amide bonds. The van der Waals surface area contributed by atoms with E-state index in [0.717, 1.165) is 17.5 Å². The number of benzene rings is 2. The molecule has 0 radical (unpaired) electrons. The van der Waals surface area contributed by atoms with E-state index in [9.17, 15) is 14.4 Å². The lowest BCUT2D eigenvalue weighted by molar-refractivity contribution is -0.130. The van der Waals surface area contributed by atoms with Crippen molar-refractivity contribution in [2.24, 2.45) is 0 Å². The Kier molecular flexibility index (Phi) is 7.55. The van der Waals surface area contributed by atoms with Crippen LogP contribution in [0, 0.1) is 6.92 Å². The van der Waals surface area contributed by atoms with Gasteiger partial charge in [-0.2, -0.15) is 0 Å². The second-order valence-electron chi connectivity index (χ2n) is 6.18. The van der Waals surface area contributed by atoms with Crippen LogP contribution in [-0.4, -0.2) is 24.2 Å². The summed E-state index contributed by atoms with van der Waals surface area (Å²) in [5, 5.41) is 0. The van der Waals surface area contributed by atoms with Crippen molar-refractivity contribution in [3.8, 4) is 5.75 Å². The summed E-state index contributed by atoms with van der Waals surface area (Å²) in [7, 11) is 0. The molecule has 6 heteroatoms. The van der Waals surface area contributed by atoms with Crippen molar-refractivity contribution in [3.05, 3.63) is 65.2 Å². The normalized spacial score (nSPS) is 10.1. The third-order valence-corrected chi connectivity index (χ3v) is 3.96. The predicted octanol–water partition coefficient (Wildman–Crippen LogP) is 2.75. The fraction of sp³-hybridized carbons (Fsp3) is 0.286. The summed E-state index contributed by atoms with van der Waals surface area (Å²) in [6.07, 6.45) is 0.977. The minimum atomic E-state index is -0.480. The fourth-order valence-electron chi connectivity index (χ4n) is 2.39. The first-order chi connectivity index (χ1) is 13.0. The molecule has 2 rings (SSSR count). The Morgan fingerprint density at radius 1 is 0.926 bits per heavy atom. The zero-order valence-electron chi connectivity index (χ0n) is 15.6. The van der Waals surface area contributed by atoms with Crippen molar-refractivity contribution in [1.82, 2.24) is 10.9 Å². The molecule has 0 aliphatic rings. The number of ketones is 1. The van der Waals surface area contributed by atoms with Crippen molar-refractivity contribution in [3.63, 3.8) is 0 Å². The number of rotatable bonds is 8. The van der Waals surface area contributed by atoms with Gasteiger partial charge >= 0.3 is 0 Å². The van der Waals surface area contributed by atoms with Crippen molar-refractivity contribution < 1.29 is 19.1 Å². The molecule has 0 saturated carbocycles. The molecular weight excluding hydrogens is 344 g/mol. The maximum Gasteiger partial charge on any atom is 0.276 e. The highest BCUT2D eigenvalue weighted by Crippen LogP contribution is 2.12. The van der Waals surface area contributed by atoms with Crippen LogP contribution in [-0.2, 0) is 16.0 Å². The number of carbonyl (C=O) groups is 3. The minimum absolute atomic E-state index is 0.00657. The molecular formula is C21H24N2O4. The number of ether oxygens (including phenoxy) is 1. The van der Waals surface area contributed by atoms with E-state index in [1.165, 1.54) is 0 Å². The second-order valence-corrected chi connectivity index (χ2v) is 6.18. The summed E-state index contributed by atoms with van der Waals surface area (Å²) in [5.74, 6) is -0.443. The molecule has 0 aliphatic carbocycles. The van der Waals surface area contributed by atoms with E-state index in [4.69, 9.17) is 4.74 Å². The molecule has 142 valence electrons. The fourth-order valence-corrected chi connectivity index (χ4v) is 2.39. The molecule has 2 N–H and O–H groups in total. The third kappa shape index (κ3) is 6.93. The molecule has 27 heavy (non-hydrogen) atoms. The van der Waals surface area contributed by atoms with Gasteiger partial charge in [0.15, 0.2) is 12.4 Å². The molecule has 0 atom stereocenters. The number of hydrogen-bond donors (Lipinski definition) is 2. The zero-order chi connectivity index (χ0) is 19.6. The summed E-state index contributed by atoms with van der Waals surface area (Å²) in [6, 6.07) is 14.7. The molecule has 0 aromatic heterocycles. The number of aryl methyl sites for hydroxylation is 2. The van der Waals surface area contributed by atoms with E-state index in [-0.39, 0.29) is 25.2 Å². The lowest BCUT2D eigenvalue weighted by Gasteiger charge is -2.09. The van der Waals surface area contributed by atoms with Crippen LogP contribution in [0.4, 0.5) is 0 Å². The van der Waals surface area contributed by atoms with E-state index in [0.29, 0.717) is 11.3 Å². The lowest BCUT2D eigenvalue weighted by atomic mass is 10.0. The molecule has 0 bridgehead atoms. The van der Waals surface area contributed by atoms with Gasteiger partial charge in [-0.25, -0.2) is 0 Å². The summed E-state index contributed by atoms with van der Waals surface area (Å²) in [5.41, 5.74) is 7.31. The highest BCUT2D eigenvalue weighted by molar-refractivity contribution is 5.98. The lowest BCUT2D eigenvalue weighted by Crippen LogP contribution is -2.43. The van der Waals surface area contributed by atoms with Crippen molar-refractivity contribution >= 4 is 17.6 Å². The van der Waals surface area contributed by atoms with E-state index in [2.05, 4.69) is 10.9 Å². The maximum atomic E-state index is 12.1. The molecule has 0 heterocycles. The average Bonchev–Trinajstić information content (AvgIpc) is 2.69. The van der Waals surface area contributed by atoms with Crippen molar-refractivity contribution in [2.45, 2.75) is 33.1 Å². The average molecular weight is 368 g/mol. The van der Waals surface area contributed by atoms with Gasteiger partial charge in [0.1, 0.15) is 5.75 Å². The van der Waals surface area contributed by atoms with Gasteiger partial charge in [0.05, 0.1) is 0 Å². The molecule has 6 nitrogen and oxygen atoms in total. The highest BCUT2D eigenvalue weighted by Gasteiger charge is 2.10. The van der Waals surface area contributed by atoms with Crippen LogP contribution >= 0.6 is 0 Å². The van der Waals surface area contributed by atoms with Crippen LogP contribution in [0.15, 0.2) is 48.5 Å². The number of Topliss-reactive ketones (excluding diaryl/α,β-unsaturated/α-hetero) is 1. The second kappa shape index (κ2) is 10.1. The number of amides is 2. The SMILES string of the molecule is CCc1ccc(C(=O)CCC(=O)NNC(=O)COc2cccc(C)c2)cc1. The first-order valence-electron chi connectivity index (χ1n) is 8.87. The van der Waals surface area contributed by atoms with Gasteiger partial charge in [-0.15, -0.1) is 0 Å². The van der Waals surface area contributed by atoms with Crippen LogP contribution in [0.1, 0.15) is 41.3 Å². The Balaban J connectivity index is 1.67. The van der Waals surface area contributed by atoms with Gasteiger partial charge in [-0.1, -0.05) is 43.3 Å². The standard InChI is InChI=1S/C21H24N2O4/c1-3-16-7-9-17(10-8-16)19(24)11-12-20(25)22-23-21(26)14-27-18-6-4-5-15(2)13-18/h4-10,13H,3,11-12,14H2,1-2H3,(H,22,25)(H,23,26). The Bertz CT molecular complexity index is 800. The molecule has 0 fully saturated rings. The maximum absolute atomic E-state index is 12.1. The smallest absolute Gasteiger partial charge is 0.276 e. The van der Waals surface area contributed by atoms with E-state index >= 15 is 0 Å². The van der Waals surface area contributed by atoms with Crippen molar-refractivity contribution in [2.75, 3.05) is 6.61 Å². The summed E-state index contributed by atoms with van der Waals surface area (Å²) in [4.78, 5) is 35.6. The minimum Gasteiger partial charge on any atom is -0.484 e. The van der Waals surface area contributed by atoms with Gasteiger partial charge in [0.25, 0.3) is 5.91 Å². The zero-order valence-corrected chi connectivity index (χ0v) is 15.6. The molecule has 0 spiro atoms. The van der Waals surface area contributed by atoms with Gasteiger partial charge in [-0.05, 0) is 36.6 Å². The molecule has 0 saturated heterocycles. The Hall–Kier alpha value is -3.15. The van der Waals surface area contributed by atoms with Crippen LogP contribution in [0.2, 0.25) is 0 Å². The van der Waals surface area contributed by atoms with Crippen molar-refractivity contribution in [1.29, 1.82) is 0 Å². The molecule has 2 aromatic carbocycles. The summed E-state index contributed by atoms with van der Waals surface area (Å²) >= 11 is 0. The molecule has 0 aliphatic heterocycles. The van der Waals surface area contributed by atoms with E-state index < -0.39 is 11.8 Å². The predicted molar refractivity (Wildman–Crippen MR) is 102 cm³/mol. The van der Waals surface area contributed by atoms with Crippen LogP contribution < -0.4 is 15.6 Å². The van der Waals surface area contributed by atoms with E-state index in [1.54, 1.807) is 18.2 Å². The summed E-state index contributed by atoms with van der Waals surface area (Å²) in [6.45, 7) is 3.75. The Morgan fingerprint density at radius 3 is 2.30 bits per heavy atom. The van der Waals surface area contributed by atoms with Crippen LogP contribution in [0.25, 0.3) is 0 Å². The number of hydrogen-bond acceptors (Lipinski definition) is 4. The van der Waals surface area contributed by atoms with Gasteiger partial charge in [0, 0.05) is 18.4 Å². The first kappa shape index (κ1) is 20.2. The van der Waals surface area contributed by atoms with Gasteiger partial charge in [-0.3, -0.25) is 25.2 Å². The first-order valence-corrected chi connectivity index (χ1v) is 8.87. The quantitative estimate of drug-likeness (QED) is 0.554. The van der Waals surface area contributed by atoms with Crippen LogP contribution in [0.3, 0.4) is 0 Å². The monoisotopic (exact) mass is 368 g/mol. The van der Waals surface area contributed by atoms with Crippen LogP contribution in [0.5, 0.6) is 5.75 Å². The Morgan fingerprint density at radius 2 is 1.63 bits per heavy atom. The largest absolute Gasteiger partial charge is 0.484 e. The number of nitrogens with one attached hydrogen (secondary N) is 2. The van der Waals surface area contributed by atoms with E-state index in [1.807, 2.05) is 44.2 Å². The van der Waals surface area contributed by atoms with Gasteiger partial charge in [0.2, 0.25) is 5.91 Å². The number of hydrazine groups is 1. The highest BCUT2D eigenvalue weighted by atomic mass is 16.5. The third-order valence-electron chi connectivity index (χ3n) is 3.96. The van der Waals surface area contributed by atoms with Gasteiger partial charge < -0.3 is 4.74 Å².